The zero-order valence-electron chi connectivity index (χ0n) is 15.1. The average molecular weight is 351 g/mol. The number of benzene rings is 2. The molecule has 1 aliphatic rings. The minimum Gasteiger partial charge on any atom is -0.425 e. The number of amides is 1. The Morgan fingerprint density at radius 3 is 2.38 bits per heavy atom. The second-order valence-corrected chi connectivity index (χ2v) is 6.72. The van der Waals surface area contributed by atoms with Gasteiger partial charge in [-0.15, -0.1) is 0 Å². The van der Waals surface area contributed by atoms with Gasteiger partial charge in [-0.1, -0.05) is 18.2 Å². The first-order valence-electron chi connectivity index (χ1n) is 8.55. The summed E-state index contributed by atoms with van der Waals surface area (Å²) < 4.78 is 5.43. The van der Waals surface area contributed by atoms with E-state index in [0.717, 1.165) is 16.8 Å². The van der Waals surface area contributed by atoms with Crippen molar-refractivity contribution in [1.29, 1.82) is 0 Å². The summed E-state index contributed by atoms with van der Waals surface area (Å²) in [4.78, 5) is 38.2. The van der Waals surface area contributed by atoms with Crippen LogP contribution >= 0.6 is 0 Å². The lowest BCUT2D eigenvalue weighted by Gasteiger charge is -2.18. The molecule has 26 heavy (non-hydrogen) atoms. The first kappa shape index (κ1) is 17.9. The topological polar surface area (TPSA) is 63.7 Å². The molecule has 5 nitrogen and oxygen atoms in total. The molecule has 3 rings (SSSR count). The third kappa shape index (κ3) is 3.67. The zero-order valence-corrected chi connectivity index (χ0v) is 15.1. The monoisotopic (exact) mass is 351 g/mol. The molecule has 0 bridgehead atoms. The van der Waals surface area contributed by atoms with Crippen LogP contribution in [0.25, 0.3) is 0 Å². The van der Waals surface area contributed by atoms with Crippen molar-refractivity contribution in [2.45, 2.75) is 27.2 Å². The highest BCUT2D eigenvalue weighted by Crippen LogP contribution is 2.28. The van der Waals surface area contributed by atoms with Crippen LogP contribution in [0.15, 0.2) is 42.5 Å². The second-order valence-electron chi connectivity index (χ2n) is 6.72. The molecule has 1 atom stereocenters. The summed E-state index contributed by atoms with van der Waals surface area (Å²) in [7, 11) is 0. The van der Waals surface area contributed by atoms with Gasteiger partial charge in [0.25, 0.3) is 0 Å². The number of aryl methyl sites for hydroxylation is 2. The number of hydrogen-bond donors (Lipinski definition) is 0. The number of esters is 1. The minimum atomic E-state index is -0.552. The van der Waals surface area contributed by atoms with Crippen molar-refractivity contribution in [2.75, 3.05) is 11.4 Å². The summed E-state index contributed by atoms with van der Waals surface area (Å²) in [6.45, 7) is 5.65. The fourth-order valence-corrected chi connectivity index (χ4v) is 3.26. The van der Waals surface area contributed by atoms with Crippen molar-refractivity contribution in [3.8, 4) is 5.75 Å². The average Bonchev–Trinajstić information content (AvgIpc) is 2.96. The molecular formula is C21H21NO4. The van der Waals surface area contributed by atoms with Crippen LogP contribution in [-0.4, -0.2) is 24.2 Å². The van der Waals surface area contributed by atoms with E-state index in [1.807, 2.05) is 32.0 Å². The molecule has 1 fully saturated rings. The quantitative estimate of drug-likeness (QED) is 0.481. The van der Waals surface area contributed by atoms with Gasteiger partial charge < -0.3 is 9.64 Å². The number of ether oxygens (including phenoxy) is 1. The van der Waals surface area contributed by atoms with E-state index in [9.17, 15) is 14.4 Å². The predicted molar refractivity (Wildman–Crippen MR) is 98.5 cm³/mol. The van der Waals surface area contributed by atoms with Crippen LogP contribution in [0, 0.1) is 19.8 Å². The third-order valence-electron chi connectivity index (χ3n) is 4.45. The summed E-state index contributed by atoms with van der Waals surface area (Å²) in [5.74, 6) is -1.07. The summed E-state index contributed by atoms with van der Waals surface area (Å²) in [6, 6.07) is 12.5. The molecule has 1 saturated heterocycles. The molecule has 0 saturated carbocycles. The number of carbonyl (C=O) groups is 3. The van der Waals surface area contributed by atoms with Gasteiger partial charge in [-0.2, -0.15) is 0 Å². The van der Waals surface area contributed by atoms with Crippen molar-refractivity contribution < 1.29 is 19.1 Å². The van der Waals surface area contributed by atoms with E-state index in [2.05, 4.69) is 0 Å². The standard InChI is InChI=1S/C21H21NO4/c1-13-8-14(2)10-17(9-13)22-12-16(11-20(22)24)21(25)26-19-7-5-4-6-18(19)15(3)23/h4-10,16H,11-12H2,1-3H3/t16-/m1/s1. The van der Waals surface area contributed by atoms with E-state index in [-0.39, 0.29) is 30.4 Å². The number of para-hydroxylation sites is 1. The van der Waals surface area contributed by atoms with Crippen LogP contribution in [0.1, 0.15) is 34.8 Å². The fraction of sp³-hybridized carbons (Fsp3) is 0.286. The minimum absolute atomic E-state index is 0.100. The first-order valence-corrected chi connectivity index (χ1v) is 8.55. The van der Waals surface area contributed by atoms with E-state index in [1.54, 1.807) is 29.2 Å². The number of Topliss-reactive ketones (excluding diaryl/α,β-unsaturated/α-hetero) is 1. The molecule has 2 aromatic carbocycles. The van der Waals surface area contributed by atoms with Crippen molar-refractivity contribution in [2.24, 2.45) is 5.92 Å². The number of rotatable bonds is 4. The highest BCUT2D eigenvalue weighted by Gasteiger charge is 2.36. The lowest BCUT2D eigenvalue weighted by molar-refractivity contribution is -0.139. The third-order valence-corrected chi connectivity index (χ3v) is 4.45. The lowest BCUT2D eigenvalue weighted by atomic mass is 10.1. The highest BCUT2D eigenvalue weighted by molar-refractivity contribution is 6.01. The van der Waals surface area contributed by atoms with Gasteiger partial charge in [0.05, 0.1) is 11.5 Å². The van der Waals surface area contributed by atoms with Crippen LogP contribution in [0.5, 0.6) is 5.75 Å². The lowest BCUT2D eigenvalue weighted by Crippen LogP contribution is -2.27. The Hall–Kier alpha value is -2.95. The SMILES string of the molecule is CC(=O)c1ccccc1OC(=O)[C@@H]1CC(=O)N(c2cc(C)cc(C)c2)C1. The van der Waals surface area contributed by atoms with Gasteiger partial charge in [0.2, 0.25) is 5.91 Å². The number of hydrogen-bond acceptors (Lipinski definition) is 4. The van der Waals surface area contributed by atoms with Crippen molar-refractivity contribution in [3.05, 3.63) is 59.2 Å². The van der Waals surface area contributed by atoms with Crippen molar-refractivity contribution in [3.63, 3.8) is 0 Å². The second kappa shape index (κ2) is 7.12. The maximum Gasteiger partial charge on any atom is 0.316 e. The van der Waals surface area contributed by atoms with Crippen molar-refractivity contribution >= 4 is 23.3 Å². The zero-order chi connectivity index (χ0) is 18.8. The molecule has 5 heteroatoms. The summed E-state index contributed by atoms with van der Waals surface area (Å²) in [6.07, 6.45) is 0.105. The van der Waals surface area contributed by atoms with Gasteiger partial charge >= 0.3 is 5.97 Å². The smallest absolute Gasteiger partial charge is 0.316 e. The fourth-order valence-electron chi connectivity index (χ4n) is 3.26. The number of carbonyl (C=O) groups excluding carboxylic acids is 3. The Bertz CT molecular complexity index is 867. The number of ketones is 1. The van der Waals surface area contributed by atoms with E-state index in [4.69, 9.17) is 4.74 Å². The molecule has 0 aromatic heterocycles. The molecule has 0 N–H and O–H groups in total. The molecule has 2 aromatic rings. The Morgan fingerprint density at radius 1 is 1.08 bits per heavy atom. The van der Waals surface area contributed by atoms with Gasteiger partial charge in [-0.3, -0.25) is 14.4 Å². The van der Waals surface area contributed by atoms with Gasteiger partial charge in [0.15, 0.2) is 5.78 Å². The molecule has 0 aliphatic carbocycles. The number of nitrogens with zero attached hydrogens (tertiary/aromatic N) is 1. The van der Waals surface area contributed by atoms with Crippen LogP contribution < -0.4 is 9.64 Å². The molecular weight excluding hydrogens is 330 g/mol. The maximum atomic E-state index is 12.5. The molecule has 134 valence electrons. The van der Waals surface area contributed by atoms with Gasteiger partial charge in [-0.25, -0.2) is 0 Å². The van der Waals surface area contributed by atoms with Gasteiger partial charge in [0.1, 0.15) is 5.75 Å². The summed E-state index contributed by atoms with van der Waals surface area (Å²) in [5.41, 5.74) is 3.28. The van der Waals surface area contributed by atoms with Crippen LogP contribution in [-0.2, 0) is 9.59 Å². The first-order chi connectivity index (χ1) is 12.3. The summed E-state index contributed by atoms with van der Waals surface area (Å²) >= 11 is 0. The van der Waals surface area contributed by atoms with E-state index < -0.39 is 11.9 Å². The molecule has 1 heterocycles. The van der Waals surface area contributed by atoms with Crippen LogP contribution in [0.3, 0.4) is 0 Å². The van der Waals surface area contributed by atoms with Crippen LogP contribution in [0.2, 0.25) is 0 Å². The molecule has 1 aliphatic heterocycles. The van der Waals surface area contributed by atoms with E-state index >= 15 is 0 Å². The Morgan fingerprint density at radius 2 is 1.73 bits per heavy atom. The highest BCUT2D eigenvalue weighted by atomic mass is 16.5. The normalized spacial score (nSPS) is 16.7. The summed E-state index contributed by atoms with van der Waals surface area (Å²) in [5, 5.41) is 0. The molecule has 0 spiro atoms. The molecule has 0 radical (unpaired) electrons. The Kier molecular flexibility index (Phi) is 4.89. The Labute approximate surface area is 152 Å². The van der Waals surface area contributed by atoms with Gasteiger partial charge in [0, 0.05) is 18.7 Å². The predicted octanol–water partition coefficient (Wildman–Crippen LogP) is 3.46. The Balaban J connectivity index is 1.76. The van der Waals surface area contributed by atoms with Crippen molar-refractivity contribution in [1.82, 2.24) is 0 Å². The van der Waals surface area contributed by atoms with E-state index in [1.165, 1.54) is 6.92 Å². The van der Waals surface area contributed by atoms with E-state index in [0.29, 0.717) is 5.56 Å². The van der Waals surface area contributed by atoms with Gasteiger partial charge in [-0.05, 0) is 56.2 Å². The molecule has 1 amide bonds. The number of anilines is 1. The maximum absolute atomic E-state index is 12.5. The van der Waals surface area contributed by atoms with Crippen LogP contribution in [0.4, 0.5) is 5.69 Å². The molecule has 0 unspecified atom stereocenters. The largest absolute Gasteiger partial charge is 0.425 e.